The average Bonchev–Trinajstić information content (AvgIpc) is 2.35. The van der Waals surface area contributed by atoms with E-state index in [0.717, 1.165) is 25.4 Å². The van der Waals surface area contributed by atoms with Crippen LogP contribution in [0, 0.1) is 11.8 Å². The minimum Gasteiger partial charge on any atom is -0.312 e. The first-order valence-electron chi connectivity index (χ1n) is 7.87. The molecule has 2 heteroatoms. The summed E-state index contributed by atoms with van der Waals surface area (Å²) < 4.78 is 0. The van der Waals surface area contributed by atoms with Gasteiger partial charge in [0.1, 0.15) is 0 Å². The van der Waals surface area contributed by atoms with Crippen molar-refractivity contribution < 1.29 is 0 Å². The summed E-state index contributed by atoms with van der Waals surface area (Å²) in [6.45, 7) is 11.3. The van der Waals surface area contributed by atoms with E-state index in [4.69, 9.17) is 0 Å². The molecule has 1 N–H and O–H groups in total. The molecule has 1 aromatic rings. The first-order chi connectivity index (χ1) is 9.42. The van der Waals surface area contributed by atoms with Gasteiger partial charge < -0.3 is 10.2 Å². The van der Waals surface area contributed by atoms with Crippen LogP contribution in [0.25, 0.3) is 0 Å². The van der Waals surface area contributed by atoms with Crippen molar-refractivity contribution in [3.05, 3.63) is 35.4 Å². The Bertz CT molecular complexity index is 368. The number of nitrogens with one attached hydrogen (secondary N) is 1. The molecule has 0 radical (unpaired) electrons. The average molecular weight is 276 g/mol. The van der Waals surface area contributed by atoms with Crippen LogP contribution in [-0.4, -0.2) is 32.1 Å². The van der Waals surface area contributed by atoms with Crippen LogP contribution in [0.5, 0.6) is 0 Å². The second-order valence-corrected chi connectivity index (χ2v) is 6.80. The molecule has 0 bridgehead atoms. The maximum Gasteiger partial charge on any atom is 0.0446 e. The second kappa shape index (κ2) is 8.43. The molecular formula is C18H32N2. The molecule has 20 heavy (non-hydrogen) atoms. The maximum atomic E-state index is 3.44. The van der Waals surface area contributed by atoms with E-state index in [-0.39, 0.29) is 0 Å². The van der Waals surface area contributed by atoms with E-state index in [0.29, 0.717) is 12.0 Å². The first kappa shape index (κ1) is 17.2. The molecule has 1 rings (SSSR count). The van der Waals surface area contributed by atoms with Crippen LogP contribution in [0.4, 0.5) is 0 Å². The lowest BCUT2D eigenvalue weighted by Gasteiger charge is -2.25. The quantitative estimate of drug-likeness (QED) is 0.778. The van der Waals surface area contributed by atoms with Crippen LogP contribution < -0.4 is 5.32 Å². The Balaban J connectivity index is 2.65. The Hall–Kier alpha value is -0.860. The third-order valence-electron chi connectivity index (χ3n) is 3.55. The predicted molar refractivity (Wildman–Crippen MR) is 89.1 cm³/mol. The molecule has 0 saturated heterocycles. The van der Waals surface area contributed by atoms with Crippen LogP contribution in [0.15, 0.2) is 24.3 Å². The van der Waals surface area contributed by atoms with E-state index in [1.807, 2.05) is 0 Å². The Morgan fingerprint density at radius 2 is 1.55 bits per heavy atom. The fraction of sp³-hybridized carbons (Fsp3) is 0.667. The lowest BCUT2D eigenvalue weighted by Crippen LogP contribution is -2.33. The van der Waals surface area contributed by atoms with Gasteiger partial charge in [-0.25, -0.2) is 0 Å². The summed E-state index contributed by atoms with van der Waals surface area (Å²) in [4.78, 5) is 2.41. The summed E-state index contributed by atoms with van der Waals surface area (Å²) in [5.41, 5.74) is 2.82. The maximum absolute atomic E-state index is 3.44. The van der Waals surface area contributed by atoms with Gasteiger partial charge in [0.2, 0.25) is 0 Å². The van der Waals surface area contributed by atoms with Gasteiger partial charge in [-0.15, -0.1) is 0 Å². The molecule has 0 aliphatic rings. The molecule has 114 valence electrons. The van der Waals surface area contributed by atoms with E-state index in [2.05, 4.69) is 76.3 Å². The van der Waals surface area contributed by atoms with Crippen LogP contribution in [0.2, 0.25) is 0 Å². The van der Waals surface area contributed by atoms with Gasteiger partial charge in [0.25, 0.3) is 0 Å². The van der Waals surface area contributed by atoms with Crippen LogP contribution in [0.1, 0.15) is 44.9 Å². The number of rotatable bonds is 8. The topological polar surface area (TPSA) is 15.3 Å². The molecule has 0 spiro atoms. The molecule has 0 amide bonds. The zero-order valence-electron chi connectivity index (χ0n) is 14.1. The summed E-state index contributed by atoms with van der Waals surface area (Å²) in [7, 11) is 4.26. The van der Waals surface area contributed by atoms with Crippen LogP contribution >= 0.6 is 0 Å². The molecule has 0 fully saturated rings. The standard InChI is InChI=1S/C18H32N2/c1-14(2)11-16-7-9-17(10-8-16)18(19-5)13-20(6)12-15(3)4/h7-10,14-15,18-19H,11-13H2,1-6H3. The van der Waals surface area contributed by atoms with Gasteiger partial charge in [-0.2, -0.15) is 0 Å². The van der Waals surface area contributed by atoms with Gasteiger partial charge in [-0.1, -0.05) is 52.0 Å². The van der Waals surface area contributed by atoms with Crippen LogP contribution in [0.3, 0.4) is 0 Å². The zero-order chi connectivity index (χ0) is 15.1. The predicted octanol–water partition coefficient (Wildman–Crippen LogP) is 3.73. The van der Waals surface area contributed by atoms with Crippen molar-refractivity contribution in [3.63, 3.8) is 0 Å². The lowest BCUT2D eigenvalue weighted by atomic mass is 9.99. The fourth-order valence-electron chi connectivity index (χ4n) is 2.73. The van der Waals surface area contributed by atoms with Crippen molar-refractivity contribution in [2.24, 2.45) is 11.8 Å². The summed E-state index contributed by atoms with van der Waals surface area (Å²) in [6.07, 6.45) is 1.16. The minimum atomic E-state index is 0.409. The van der Waals surface area contributed by atoms with Gasteiger partial charge in [-0.3, -0.25) is 0 Å². The van der Waals surface area contributed by atoms with Crippen molar-refractivity contribution in [2.75, 3.05) is 27.2 Å². The molecule has 1 unspecified atom stereocenters. The molecule has 0 aliphatic heterocycles. The van der Waals surface area contributed by atoms with Crippen molar-refractivity contribution in [2.45, 2.75) is 40.2 Å². The van der Waals surface area contributed by atoms with Crippen molar-refractivity contribution in [3.8, 4) is 0 Å². The minimum absolute atomic E-state index is 0.409. The SMILES string of the molecule is CNC(CN(C)CC(C)C)c1ccc(CC(C)C)cc1. The van der Waals surface area contributed by atoms with Crippen LogP contribution in [-0.2, 0) is 6.42 Å². The highest BCUT2D eigenvalue weighted by Crippen LogP contribution is 2.17. The summed E-state index contributed by atoms with van der Waals surface area (Å²) >= 11 is 0. The van der Waals surface area contributed by atoms with Gasteiger partial charge in [0.05, 0.1) is 0 Å². The van der Waals surface area contributed by atoms with E-state index < -0.39 is 0 Å². The van der Waals surface area contributed by atoms with Gasteiger partial charge in [-0.05, 0) is 43.5 Å². The molecule has 1 aromatic carbocycles. The van der Waals surface area contributed by atoms with Crippen molar-refractivity contribution >= 4 is 0 Å². The summed E-state index contributed by atoms with van der Waals surface area (Å²) in [5.74, 6) is 1.43. The molecule has 0 aromatic heterocycles. The number of nitrogens with zero attached hydrogens (tertiary/aromatic N) is 1. The van der Waals surface area contributed by atoms with E-state index in [9.17, 15) is 0 Å². The Labute approximate surface area is 125 Å². The Kier molecular flexibility index (Phi) is 7.25. The molecular weight excluding hydrogens is 244 g/mol. The van der Waals surface area contributed by atoms with Crippen molar-refractivity contribution in [1.29, 1.82) is 0 Å². The highest BCUT2D eigenvalue weighted by molar-refractivity contribution is 5.25. The Morgan fingerprint density at radius 3 is 2.00 bits per heavy atom. The molecule has 0 heterocycles. The summed E-state index contributed by atoms with van der Waals surface area (Å²) in [6, 6.07) is 9.53. The fourth-order valence-corrected chi connectivity index (χ4v) is 2.73. The molecule has 1 atom stereocenters. The molecule has 0 saturated carbocycles. The second-order valence-electron chi connectivity index (χ2n) is 6.80. The van der Waals surface area contributed by atoms with Gasteiger partial charge in [0.15, 0.2) is 0 Å². The summed E-state index contributed by atoms with van der Waals surface area (Å²) in [5, 5.41) is 3.44. The van der Waals surface area contributed by atoms with Gasteiger partial charge >= 0.3 is 0 Å². The normalized spacial score (nSPS) is 13.4. The lowest BCUT2D eigenvalue weighted by molar-refractivity contribution is 0.267. The monoisotopic (exact) mass is 276 g/mol. The van der Waals surface area contributed by atoms with E-state index in [1.165, 1.54) is 11.1 Å². The van der Waals surface area contributed by atoms with Crippen molar-refractivity contribution in [1.82, 2.24) is 10.2 Å². The number of likely N-dealkylation sites (N-methyl/N-ethyl adjacent to an activating group) is 2. The van der Waals surface area contributed by atoms with E-state index >= 15 is 0 Å². The zero-order valence-corrected chi connectivity index (χ0v) is 14.1. The molecule has 2 nitrogen and oxygen atoms in total. The smallest absolute Gasteiger partial charge is 0.0446 e. The number of hydrogen-bond donors (Lipinski definition) is 1. The number of hydrogen-bond acceptors (Lipinski definition) is 2. The third kappa shape index (κ3) is 6.06. The largest absolute Gasteiger partial charge is 0.312 e. The van der Waals surface area contributed by atoms with E-state index in [1.54, 1.807) is 0 Å². The first-order valence-corrected chi connectivity index (χ1v) is 7.87. The highest BCUT2D eigenvalue weighted by Gasteiger charge is 2.12. The third-order valence-corrected chi connectivity index (χ3v) is 3.55. The highest BCUT2D eigenvalue weighted by atomic mass is 15.1. The number of benzene rings is 1. The Morgan fingerprint density at radius 1 is 0.950 bits per heavy atom. The van der Waals surface area contributed by atoms with Gasteiger partial charge in [0, 0.05) is 19.1 Å². The molecule has 0 aliphatic carbocycles.